The van der Waals surface area contributed by atoms with Gasteiger partial charge < -0.3 is 4.74 Å². The summed E-state index contributed by atoms with van der Waals surface area (Å²) < 4.78 is 6.00. The Kier molecular flexibility index (Phi) is 2.63. The molecule has 2 heteroatoms. The summed E-state index contributed by atoms with van der Waals surface area (Å²) >= 11 is 0. The third-order valence-corrected chi connectivity index (χ3v) is 5.48. The van der Waals surface area contributed by atoms with Gasteiger partial charge in [-0.2, -0.15) is 0 Å². The molecule has 4 rings (SSSR count). The first-order chi connectivity index (χ1) is 9.34. The maximum absolute atomic E-state index is 6.00. The smallest absolute Gasteiger partial charge is 0.124 e. The minimum absolute atomic E-state index is 0.491. The van der Waals surface area contributed by atoms with Gasteiger partial charge in [0.2, 0.25) is 0 Å². The molecule has 102 valence electrons. The highest BCUT2D eigenvalue weighted by Gasteiger charge is 2.55. The number of rotatable bonds is 2. The van der Waals surface area contributed by atoms with Crippen molar-refractivity contribution in [2.75, 3.05) is 13.2 Å². The Morgan fingerprint density at radius 3 is 3.16 bits per heavy atom. The highest BCUT2D eigenvalue weighted by atomic mass is 16.5. The lowest BCUT2D eigenvalue weighted by Gasteiger charge is -2.37. The van der Waals surface area contributed by atoms with Gasteiger partial charge in [-0.1, -0.05) is 31.5 Å². The van der Waals surface area contributed by atoms with E-state index in [2.05, 4.69) is 36.1 Å². The van der Waals surface area contributed by atoms with Crippen molar-refractivity contribution < 1.29 is 4.74 Å². The molecule has 2 saturated heterocycles. The molecule has 1 aromatic rings. The maximum Gasteiger partial charge on any atom is 0.124 e. The predicted molar refractivity (Wildman–Crippen MR) is 76.4 cm³/mol. The summed E-state index contributed by atoms with van der Waals surface area (Å²) in [5.74, 6) is 1.84. The molecule has 3 aliphatic heterocycles. The third-order valence-electron chi connectivity index (χ3n) is 5.48. The zero-order valence-corrected chi connectivity index (χ0v) is 11.8. The molecular weight excluding hydrogens is 234 g/mol. The fourth-order valence-corrected chi connectivity index (χ4v) is 4.93. The summed E-state index contributed by atoms with van der Waals surface area (Å²) in [6.45, 7) is 4.54. The molecule has 1 aromatic carbocycles. The van der Waals surface area contributed by atoms with Crippen LogP contribution in [0, 0.1) is 5.92 Å². The molecule has 2 nitrogen and oxygen atoms in total. The molecule has 0 N–H and O–H groups in total. The molecule has 3 atom stereocenters. The van der Waals surface area contributed by atoms with E-state index in [4.69, 9.17) is 4.74 Å². The van der Waals surface area contributed by atoms with E-state index in [1.807, 2.05) is 0 Å². The van der Waals surface area contributed by atoms with Crippen molar-refractivity contribution in [3.05, 3.63) is 29.8 Å². The van der Waals surface area contributed by atoms with Crippen molar-refractivity contribution >= 4 is 0 Å². The molecule has 3 heterocycles. The second-order valence-corrected chi connectivity index (χ2v) is 6.53. The molecular formula is C17H23NO. The number of nitrogens with zero attached hydrogens (tertiary/aromatic N) is 1. The second kappa shape index (κ2) is 4.24. The minimum atomic E-state index is 0.491. The van der Waals surface area contributed by atoms with Crippen LogP contribution in [0.3, 0.4) is 0 Å². The Bertz CT molecular complexity index is 486. The zero-order valence-electron chi connectivity index (χ0n) is 11.8. The summed E-state index contributed by atoms with van der Waals surface area (Å²) in [4.78, 5) is 2.84. The van der Waals surface area contributed by atoms with Crippen LogP contribution in [0.15, 0.2) is 24.3 Å². The van der Waals surface area contributed by atoms with Crippen LogP contribution in [0.2, 0.25) is 0 Å². The molecule has 0 aliphatic carbocycles. The molecule has 0 amide bonds. The van der Waals surface area contributed by atoms with Gasteiger partial charge in [0.15, 0.2) is 0 Å². The van der Waals surface area contributed by atoms with Crippen molar-refractivity contribution in [1.29, 1.82) is 0 Å². The third kappa shape index (κ3) is 1.59. The standard InChI is InChI=1S/C17H23NO/c1-2-8-17-9-5-10-18(17)16-13(11-17)12-19-15-7-4-3-6-14(15)16/h3-4,6-7,13,16H,2,5,8-12H2,1H3. The van der Waals surface area contributed by atoms with Crippen LogP contribution in [0.5, 0.6) is 5.75 Å². The van der Waals surface area contributed by atoms with E-state index in [1.165, 1.54) is 44.2 Å². The van der Waals surface area contributed by atoms with Gasteiger partial charge in [-0.15, -0.1) is 0 Å². The normalized spacial score (nSPS) is 36.5. The van der Waals surface area contributed by atoms with Gasteiger partial charge in [0.1, 0.15) is 5.75 Å². The number of benzene rings is 1. The quantitative estimate of drug-likeness (QED) is 0.799. The highest BCUT2D eigenvalue weighted by molar-refractivity contribution is 5.40. The van der Waals surface area contributed by atoms with Crippen LogP contribution in [0.25, 0.3) is 0 Å². The van der Waals surface area contributed by atoms with E-state index < -0.39 is 0 Å². The summed E-state index contributed by atoms with van der Waals surface area (Å²) in [6, 6.07) is 9.31. The fraction of sp³-hybridized carbons (Fsp3) is 0.647. The highest BCUT2D eigenvalue weighted by Crippen LogP contribution is 2.56. The van der Waals surface area contributed by atoms with Crippen molar-refractivity contribution in [3.63, 3.8) is 0 Å². The van der Waals surface area contributed by atoms with Crippen molar-refractivity contribution in [2.24, 2.45) is 5.92 Å². The first kappa shape index (κ1) is 11.8. The molecule has 3 aliphatic rings. The molecule has 0 spiro atoms. The van der Waals surface area contributed by atoms with Crippen LogP contribution in [-0.2, 0) is 0 Å². The van der Waals surface area contributed by atoms with Gasteiger partial charge in [-0.3, -0.25) is 4.90 Å². The van der Waals surface area contributed by atoms with E-state index in [0.29, 0.717) is 17.5 Å². The van der Waals surface area contributed by atoms with Crippen LogP contribution in [-0.4, -0.2) is 23.6 Å². The number of para-hydroxylation sites is 1. The lowest BCUT2D eigenvalue weighted by atomic mass is 9.84. The van der Waals surface area contributed by atoms with Gasteiger partial charge in [-0.05, 0) is 38.3 Å². The molecule has 3 unspecified atom stereocenters. The first-order valence-corrected chi connectivity index (χ1v) is 7.82. The topological polar surface area (TPSA) is 12.5 Å². The summed E-state index contributed by atoms with van der Waals surface area (Å²) in [6.07, 6.45) is 6.79. The van der Waals surface area contributed by atoms with Crippen molar-refractivity contribution in [2.45, 2.75) is 50.6 Å². The number of hydrogen-bond donors (Lipinski definition) is 0. The number of hydrogen-bond acceptors (Lipinski definition) is 2. The Morgan fingerprint density at radius 1 is 1.37 bits per heavy atom. The number of ether oxygens (including phenoxy) is 1. The van der Waals surface area contributed by atoms with Gasteiger partial charge in [-0.25, -0.2) is 0 Å². The van der Waals surface area contributed by atoms with Gasteiger partial charge in [0.05, 0.1) is 6.61 Å². The van der Waals surface area contributed by atoms with Gasteiger partial charge >= 0.3 is 0 Å². The Hall–Kier alpha value is -1.02. The molecule has 19 heavy (non-hydrogen) atoms. The molecule has 0 radical (unpaired) electrons. The second-order valence-electron chi connectivity index (χ2n) is 6.53. The van der Waals surface area contributed by atoms with E-state index in [9.17, 15) is 0 Å². The zero-order chi connectivity index (χ0) is 12.9. The maximum atomic E-state index is 6.00. The van der Waals surface area contributed by atoms with Crippen molar-refractivity contribution in [3.8, 4) is 5.75 Å². The van der Waals surface area contributed by atoms with E-state index in [1.54, 1.807) is 0 Å². The summed E-state index contributed by atoms with van der Waals surface area (Å²) in [7, 11) is 0. The molecule has 0 aromatic heterocycles. The minimum Gasteiger partial charge on any atom is -0.493 e. The number of fused-ring (bicyclic) bond motifs is 5. The first-order valence-electron chi connectivity index (χ1n) is 7.82. The Labute approximate surface area is 115 Å². The molecule has 2 fully saturated rings. The average molecular weight is 257 g/mol. The Balaban J connectivity index is 1.75. The lowest BCUT2D eigenvalue weighted by molar-refractivity contribution is 0.116. The van der Waals surface area contributed by atoms with E-state index >= 15 is 0 Å². The largest absolute Gasteiger partial charge is 0.493 e. The van der Waals surface area contributed by atoms with Crippen LogP contribution >= 0.6 is 0 Å². The average Bonchev–Trinajstić information content (AvgIpc) is 2.94. The van der Waals surface area contributed by atoms with E-state index in [0.717, 1.165) is 12.4 Å². The van der Waals surface area contributed by atoms with Crippen LogP contribution < -0.4 is 4.74 Å². The fourth-order valence-electron chi connectivity index (χ4n) is 4.93. The SMILES string of the molecule is CCCC12CCCN1C1c3ccccc3OCC1C2. The molecule has 0 bridgehead atoms. The monoisotopic (exact) mass is 257 g/mol. The lowest BCUT2D eigenvalue weighted by Crippen LogP contribution is -2.39. The van der Waals surface area contributed by atoms with E-state index in [-0.39, 0.29) is 0 Å². The van der Waals surface area contributed by atoms with Crippen LogP contribution in [0.1, 0.15) is 50.6 Å². The Morgan fingerprint density at radius 2 is 2.26 bits per heavy atom. The summed E-state index contributed by atoms with van der Waals surface area (Å²) in [5, 5.41) is 0. The molecule has 0 saturated carbocycles. The summed E-state index contributed by atoms with van der Waals surface area (Å²) in [5.41, 5.74) is 1.93. The van der Waals surface area contributed by atoms with Crippen LogP contribution in [0.4, 0.5) is 0 Å². The van der Waals surface area contributed by atoms with Gasteiger partial charge in [0.25, 0.3) is 0 Å². The van der Waals surface area contributed by atoms with Crippen molar-refractivity contribution in [1.82, 2.24) is 4.90 Å². The van der Waals surface area contributed by atoms with Gasteiger partial charge in [0, 0.05) is 23.1 Å². The predicted octanol–water partition coefficient (Wildman–Crippen LogP) is 3.77.